The lowest BCUT2D eigenvalue weighted by atomic mass is 9.99. The van der Waals surface area contributed by atoms with Crippen molar-refractivity contribution in [3.05, 3.63) is 0 Å². The zero-order valence-corrected chi connectivity index (χ0v) is 10.7. The number of rotatable bonds is 8. The first-order valence-corrected chi connectivity index (χ1v) is 5.86. The van der Waals surface area contributed by atoms with Gasteiger partial charge in [-0.1, -0.05) is 20.3 Å². The van der Waals surface area contributed by atoms with Crippen LogP contribution in [0.5, 0.6) is 0 Å². The van der Waals surface area contributed by atoms with Crippen molar-refractivity contribution in [1.82, 2.24) is 5.32 Å². The Morgan fingerprint density at radius 1 is 1.33 bits per heavy atom. The maximum atomic E-state index is 11.7. The molecule has 2 amide bonds. The van der Waals surface area contributed by atoms with Gasteiger partial charge in [0.2, 0.25) is 11.8 Å². The number of nitrogens with one attached hydrogen (secondary N) is 1. The summed E-state index contributed by atoms with van der Waals surface area (Å²) in [6, 6.07) is -1.90. The summed E-state index contributed by atoms with van der Waals surface area (Å²) in [4.78, 5) is 33.2. The van der Waals surface area contributed by atoms with Crippen LogP contribution < -0.4 is 16.8 Å². The zero-order chi connectivity index (χ0) is 14.3. The molecule has 0 radical (unpaired) electrons. The van der Waals surface area contributed by atoms with E-state index < -0.39 is 29.9 Å². The largest absolute Gasteiger partial charge is 0.480 e. The molecule has 0 aliphatic rings. The summed E-state index contributed by atoms with van der Waals surface area (Å²) in [5.74, 6) is -2.39. The second-order valence-electron chi connectivity index (χ2n) is 4.32. The van der Waals surface area contributed by atoms with Crippen LogP contribution in [0.4, 0.5) is 0 Å². The van der Waals surface area contributed by atoms with Gasteiger partial charge >= 0.3 is 5.97 Å². The Hall–Kier alpha value is -1.63. The van der Waals surface area contributed by atoms with Gasteiger partial charge in [-0.25, -0.2) is 4.79 Å². The number of carbonyl (C=O) groups is 3. The Kier molecular flexibility index (Phi) is 6.96. The molecule has 0 unspecified atom stereocenters. The summed E-state index contributed by atoms with van der Waals surface area (Å²) in [5.41, 5.74) is 10.6. The number of hydrogen-bond acceptors (Lipinski definition) is 4. The molecule has 0 spiro atoms. The number of carboxylic acids is 1. The van der Waals surface area contributed by atoms with Gasteiger partial charge < -0.3 is 21.9 Å². The van der Waals surface area contributed by atoms with Gasteiger partial charge in [-0.15, -0.1) is 0 Å². The highest BCUT2D eigenvalue weighted by Crippen LogP contribution is 2.06. The van der Waals surface area contributed by atoms with Crippen LogP contribution in [0.2, 0.25) is 0 Å². The van der Waals surface area contributed by atoms with Crippen molar-refractivity contribution in [3.8, 4) is 0 Å². The molecule has 0 saturated carbocycles. The molecule has 0 rings (SSSR count). The molecule has 0 aliphatic carbocycles. The molecule has 0 aromatic heterocycles. The van der Waals surface area contributed by atoms with Crippen LogP contribution in [0.15, 0.2) is 0 Å². The van der Waals surface area contributed by atoms with Crippen LogP contribution in [-0.2, 0) is 14.4 Å². The van der Waals surface area contributed by atoms with Crippen molar-refractivity contribution in [3.63, 3.8) is 0 Å². The molecule has 6 N–H and O–H groups in total. The van der Waals surface area contributed by atoms with E-state index in [-0.39, 0.29) is 18.8 Å². The average molecular weight is 259 g/mol. The topological polar surface area (TPSA) is 136 Å². The fourth-order valence-corrected chi connectivity index (χ4v) is 1.32. The predicted octanol–water partition coefficient (Wildman–Crippen LogP) is -0.805. The highest BCUT2D eigenvalue weighted by Gasteiger charge is 2.25. The molecule has 7 heteroatoms. The highest BCUT2D eigenvalue weighted by molar-refractivity contribution is 5.87. The number of nitrogens with two attached hydrogens (primary N) is 2. The van der Waals surface area contributed by atoms with Crippen molar-refractivity contribution in [2.45, 2.75) is 45.2 Å². The van der Waals surface area contributed by atoms with Crippen LogP contribution in [-0.4, -0.2) is 35.0 Å². The third-order valence-electron chi connectivity index (χ3n) is 2.85. The molecule has 0 heterocycles. The number of carbonyl (C=O) groups excluding carboxylic acids is 2. The van der Waals surface area contributed by atoms with Gasteiger partial charge in [0.25, 0.3) is 0 Å². The second kappa shape index (κ2) is 7.65. The Morgan fingerprint density at radius 2 is 1.89 bits per heavy atom. The zero-order valence-electron chi connectivity index (χ0n) is 10.7. The second-order valence-corrected chi connectivity index (χ2v) is 4.32. The van der Waals surface area contributed by atoms with E-state index in [1.807, 2.05) is 13.8 Å². The van der Waals surface area contributed by atoms with E-state index in [0.717, 1.165) is 0 Å². The maximum absolute atomic E-state index is 11.7. The lowest BCUT2D eigenvalue weighted by Crippen LogP contribution is -2.50. The summed E-state index contributed by atoms with van der Waals surface area (Å²) >= 11 is 0. The molecule has 0 aromatic carbocycles. The molecule has 0 aliphatic heterocycles. The normalized spacial score (nSPS) is 15.5. The summed E-state index contributed by atoms with van der Waals surface area (Å²) in [7, 11) is 0. The monoisotopic (exact) mass is 259 g/mol. The van der Waals surface area contributed by atoms with Gasteiger partial charge in [0.15, 0.2) is 0 Å². The summed E-state index contributed by atoms with van der Waals surface area (Å²) in [5, 5.41) is 11.2. The van der Waals surface area contributed by atoms with E-state index in [1.165, 1.54) is 0 Å². The van der Waals surface area contributed by atoms with Gasteiger partial charge in [-0.3, -0.25) is 9.59 Å². The van der Waals surface area contributed by atoms with E-state index in [4.69, 9.17) is 16.6 Å². The summed E-state index contributed by atoms with van der Waals surface area (Å²) in [6.45, 7) is 3.70. The van der Waals surface area contributed by atoms with Crippen LogP contribution in [0.1, 0.15) is 33.1 Å². The molecule has 0 saturated heterocycles. The Bertz CT molecular complexity index is 319. The van der Waals surface area contributed by atoms with Gasteiger partial charge in [0.1, 0.15) is 6.04 Å². The van der Waals surface area contributed by atoms with Crippen molar-refractivity contribution < 1.29 is 19.5 Å². The number of hydrogen-bond donors (Lipinski definition) is 4. The number of carboxylic acid groups (broad SMARTS) is 1. The predicted molar refractivity (Wildman–Crippen MR) is 65.4 cm³/mol. The minimum absolute atomic E-state index is 0.0381. The van der Waals surface area contributed by atoms with E-state index in [2.05, 4.69) is 5.32 Å². The molecule has 3 atom stereocenters. The molecule has 0 fully saturated rings. The van der Waals surface area contributed by atoms with Crippen molar-refractivity contribution in [2.75, 3.05) is 0 Å². The lowest BCUT2D eigenvalue weighted by Gasteiger charge is -2.20. The average Bonchev–Trinajstić information content (AvgIpc) is 2.31. The molecular formula is C11H21N3O4. The standard InChI is InChI=1S/C11H21N3O4/c1-3-6(2)9(13)10(16)14-7(11(17)18)4-5-8(12)15/h6-7,9H,3-5,13H2,1-2H3,(H2,12,15)(H,14,16)(H,17,18)/t6-,7+,9-/m0/s1. The Balaban J connectivity index is 4.45. The third-order valence-corrected chi connectivity index (χ3v) is 2.85. The molecule has 7 nitrogen and oxygen atoms in total. The van der Waals surface area contributed by atoms with E-state index in [9.17, 15) is 14.4 Å². The fourth-order valence-electron chi connectivity index (χ4n) is 1.32. The Labute approximate surface area is 106 Å². The van der Waals surface area contributed by atoms with Crippen LogP contribution in [0.25, 0.3) is 0 Å². The van der Waals surface area contributed by atoms with Crippen molar-refractivity contribution in [2.24, 2.45) is 17.4 Å². The molecular weight excluding hydrogens is 238 g/mol. The maximum Gasteiger partial charge on any atom is 0.326 e. The first kappa shape index (κ1) is 16.4. The lowest BCUT2D eigenvalue weighted by molar-refractivity contribution is -0.142. The summed E-state index contributed by atoms with van der Waals surface area (Å²) in [6.07, 6.45) is 0.576. The van der Waals surface area contributed by atoms with Gasteiger partial charge in [-0.2, -0.15) is 0 Å². The smallest absolute Gasteiger partial charge is 0.326 e. The molecule has 0 aromatic rings. The minimum Gasteiger partial charge on any atom is -0.480 e. The SMILES string of the molecule is CC[C@H](C)[C@H](N)C(=O)N[C@H](CCC(N)=O)C(=O)O. The number of amides is 2. The van der Waals surface area contributed by atoms with Gasteiger partial charge in [-0.05, 0) is 12.3 Å². The quantitative estimate of drug-likeness (QED) is 0.452. The minimum atomic E-state index is -1.21. The van der Waals surface area contributed by atoms with Crippen LogP contribution in [0, 0.1) is 5.92 Å². The van der Waals surface area contributed by atoms with E-state index >= 15 is 0 Å². The summed E-state index contributed by atoms with van der Waals surface area (Å²) < 4.78 is 0. The molecule has 104 valence electrons. The highest BCUT2D eigenvalue weighted by atomic mass is 16.4. The number of aliphatic carboxylic acids is 1. The van der Waals surface area contributed by atoms with Crippen LogP contribution >= 0.6 is 0 Å². The van der Waals surface area contributed by atoms with Gasteiger partial charge in [0.05, 0.1) is 6.04 Å². The molecule has 18 heavy (non-hydrogen) atoms. The Morgan fingerprint density at radius 3 is 2.28 bits per heavy atom. The van der Waals surface area contributed by atoms with Crippen molar-refractivity contribution in [1.29, 1.82) is 0 Å². The number of primary amides is 1. The third kappa shape index (κ3) is 5.62. The van der Waals surface area contributed by atoms with Gasteiger partial charge in [0, 0.05) is 6.42 Å². The fraction of sp³-hybridized carbons (Fsp3) is 0.727. The first-order chi connectivity index (χ1) is 8.29. The van der Waals surface area contributed by atoms with Crippen molar-refractivity contribution >= 4 is 17.8 Å². The van der Waals surface area contributed by atoms with E-state index in [0.29, 0.717) is 6.42 Å². The van der Waals surface area contributed by atoms with E-state index in [1.54, 1.807) is 0 Å². The molecule has 0 bridgehead atoms. The first-order valence-electron chi connectivity index (χ1n) is 5.86. The van der Waals surface area contributed by atoms with Crippen LogP contribution in [0.3, 0.4) is 0 Å².